The van der Waals surface area contributed by atoms with E-state index in [0.29, 0.717) is 35.3 Å². The standard InChI is InChI=1S/C14H18Cl2O4S/c1-14(2,21(3,17)18)13(16)9-7-11-12(8-10(9)15)20-6-4-5-19-11/h7-8,13H,4-6H2,1-3H3. The molecule has 1 aromatic carbocycles. The monoisotopic (exact) mass is 352 g/mol. The Balaban J connectivity index is 2.47. The molecule has 118 valence electrons. The van der Waals surface area contributed by atoms with Crippen LogP contribution >= 0.6 is 23.2 Å². The lowest BCUT2D eigenvalue weighted by molar-refractivity contribution is 0.297. The molecule has 1 atom stereocenters. The fourth-order valence-corrected chi connectivity index (χ4v) is 3.44. The fraction of sp³-hybridized carbons (Fsp3) is 0.571. The summed E-state index contributed by atoms with van der Waals surface area (Å²) in [6.07, 6.45) is 1.94. The number of hydrogen-bond acceptors (Lipinski definition) is 4. The normalized spacial score (nSPS) is 17.2. The van der Waals surface area contributed by atoms with Gasteiger partial charge in [-0.1, -0.05) is 11.6 Å². The Hall–Kier alpha value is -0.650. The Kier molecular flexibility index (Phi) is 4.66. The lowest BCUT2D eigenvalue weighted by Gasteiger charge is -2.29. The molecule has 21 heavy (non-hydrogen) atoms. The van der Waals surface area contributed by atoms with Gasteiger partial charge in [-0.05, 0) is 25.5 Å². The lowest BCUT2D eigenvalue weighted by Crippen LogP contribution is -2.35. The largest absolute Gasteiger partial charge is 0.490 e. The minimum absolute atomic E-state index is 0.371. The number of ether oxygens (including phenoxy) is 2. The Bertz CT molecular complexity index is 641. The highest BCUT2D eigenvalue weighted by molar-refractivity contribution is 7.92. The summed E-state index contributed by atoms with van der Waals surface area (Å²) in [6.45, 7) is 4.26. The Morgan fingerprint density at radius 1 is 1.19 bits per heavy atom. The molecule has 0 saturated heterocycles. The molecule has 7 heteroatoms. The van der Waals surface area contributed by atoms with Crippen molar-refractivity contribution in [1.29, 1.82) is 0 Å². The molecule has 0 aliphatic carbocycles. The molecule has 0 fully saturated rings. The minimum Gasteiger partial charge on any atom is -0.490 e. The first-order valence-electron chi connectivity index (χ1n) is 6.57. The number of benzene rings is 1. The van der Waals surface area contributed by atoms with Crippen LogP contribution in [0.3, 0.4) is 0 Å². The van der Waals surface area contributed by atoms with E-state index in [1.54, 1.807) is 26.0 Å². The quantitative estimate of drug-likeness (QED) is 0.779. The van der Waals surface area contributed by atoms with Crippen LogP contribution in [0.15, 0.2) is 12.1 Å². The van der Waals surface area contributed by atoms with Gasteiger partial charge in [0.2, 0.25) is 0 Å². The van der Waals surface area contributed by atoms with Crippen LogP contribution in [0.25, 0.3) is 0 Å². The maximum Gasteiger partial charge on any atom is 0.162 e. The number of rotatable bonds is 3. The maximum atomic E-state index is 11.9. The number of halogens is 2. The topological polar surface area (TPSA) is 52.6 Å². The van der Waals surface area contributed by atoms with E-state index < -0.39 is 20.0 Å². The first-order chi connectivity index (χ1) is 9.64. The Morgan fingerprint density at radius 2 is 1.71 bits per heavy atom. The smallest absolute Gasteiger partial charge is 0.162 e. The number of alkyl halides is 1. The molecule has 1 aliphatic heterocycles. The van der Waals surface area contributed by atoms with Gasteiger partial charge in [-0.15, -0.1) is 11.6 Å². The summed E-state index contributed by atoms with van der Waals surface area (Å²) in [6, 6.07) is 3.30. The van der Waals surface area contributed by atoms with Crippen molar-refractivity contribution in [2.75, 3.05) is 19.5 Å². The average molecular weight is 353 g/mol. The molecular weight excluding hydrogens is 335 g/mol. The van der Waals surface area contributed by atoms with Gasteiger partial charge in [0.15, 0.2) is 21.3 Å². The van der Waals surface area contributed by atoms with Crippen LogP contribution in [0.4, 0.5) is 0 Å². The molecule has 0 N–H and O–H groups in total. The molecule has 0 aromatic heterocycles. The number of sulfone groups is 1. The van der Waals surface area contributed by atoms with Crippen LogP contribution in [0.2, 0.25) is 5.02 Å². The van der Waals surface area contributed by atoms with Gasteiger partial charge in [0.05, 0.1) is 23.3 Å². The van der Waals surface area contributed by atoms with E-state index in [1.807, 2.05) is 0 Å². The summed E-state index contributed by atoms with van der Waals surface area (Å²) in [5, 5.41) is -0.423. The predicted octanol–water partition coefficient (Wildman–Crippen LogP) is 3.60. The molecule has 4 nitrogen and oxygen atoms in total. The zero-order valence-electron chi connectivity index (χ0n) is 12.2. The molecule has 2 rings (SSSR count). The van der Waals surface area contributed by atoms with Crippen LogP contribution in [-0.4, -0.2) is 32.6 Å². The van der Waals surface area contributed by atoms with Crippen LogP contribution in [0.5, 0.6) is 11.5 Å². The first-order valence-corrected chi connectivity index (χ1v) is 9.28. The average Bonchev–Trinajstić information content (AvgIpc) is 2.60. The highest BCUT2D eigenvalue weighted by Gasteiger charge is 2.40. The summed E-state index contributed by atoms with van der Waals surface area (Å²) in [7, 11) is -3.36. The van der Waals surface area contributed by atoms with Gasteiger partial charge >= 0.3 is 0 Å². The third-order valence-corrected chi connectivity index (χ3v) is 7.09. The van der Waals surface area contributed by atoms with E-state index in [1.165, 1.54) is 6.26 Å². The molecule has 0 amide bonds. The number of fused-ring (bicyclic) bond motifs is 1. The summed E-state index contributed by atoms with van der Waals surface area (Å²) < 4.78 is 33.9. The summed E-state index contributed by atoms with van der Waals surface area (Å²) in [5.41, 5.74) is 0.526. The molecule has 0 bridgehead atoms. The highest BCUT2D eigenvalue weighted by atomic mass is 35.5. The van der Waals surface area contributed by atoms with E-state index in [2.05, 4.69) is 0 Å². The van der Waals surface area contributed by atoms with Crippen molar-refractivity contribution in [2.24, 2.45) is 0 Å². The summed E-state index contributed by atoms with van der Waals surface area (Å²) in [5.74, 6) is 1.10. The highest BCUT2D eigenvalue weighted by Crippen LogP contribution is 2.44. The van der Waals surface area contributed by atoms with Gasteiger partial charge in [-0.25, -0.2) is 8.42 Å². The molecule has 1 aromatic rings. The van der Waals surface area contributed by atoms with Crippen molar-refractivity contribution >= 4 is 33.0 Å². The van der Waals surface area contributed by atoms with Crippen LogP contribution in [0, 0.1) is 0 Å². The van der Waals surface area contributed by atoms with E-state index in [9.17, 15) is 8.42 Å². The van der Waals surface area contributed by atoms with Gasteiger partial charge < -0.3 is 9.47 Å². The Morgan fingerprint density at radius 3 is 2.24 bits per heavy atom. The van der Waals surface area contributed by atoms with Gasteiger partial charge in [-0.2, -0.15) is 0 Å². The lowest BCUT2D eigenvalue weighted by atomic mass is 10.0. The van der Waals surface area contributed by atoms with E-state index >= 15 is 0 Å². The second-order valence-corrected chi connectivity index (χ2v) is 9.05. The molecule has 1 aliphatic rings. The van der Waals surface area contributed by atoms with E-state index in [4.69, 9.17) is 32.7 Å². The summed E-state index contributed by atoms with van der Waals surface area (Å²) >= 11 is 12.7. The maximum absolute atomic E-state index is 11.9. The minimum atomic E-state index is -3.36. The van der Waals surface area contributed by atoms with Crippen LogP contribution < -0.4 is 9.47 Å². The van der Waals surface area contributed by atoms with Gasteiger partial charge in [-0.3, -0.25) is 0 Å². The SMILES string of the molecule is CC(C)(C(Cl)c1cc2c(cc1Cl)OCCCO2)S(C)(=O)=O. The van der Waals surface area contributed by atoms with Crippen molar-refractivity contribution in [3.63, 3.8) is 0 Å². The zero-order chi connectivity index (χ0) is 15.8. The molecule has 1 heterocycles. The van der Waals surface area contributed by atoms with Crippen LogP contribution in [-0.2, 0) is 9.84 Å². The van der Waals surface area contributed by atoms with Crippen molar-refractivity contribution in [1.82, 2.24) is 0 Å². The van der Waals surface area contributed by atoms with Gasteiger partial charge in [0, 0.05) is 23.8 Å². The van der Waals surface area contributed by atoms with E-state index in [-0.39, 0.29) is 0 Å². The third-order valence-electron chi connectivity index (χ3n) is 3.71. The molecular formula is C14H18Cl2O4S. The van der Waals surface area contributed by atoms with Gasteiger partial charge in [0.1, 0.15) is 0 Å². The van der Waals surface area contributed by atoms with Gasteiger partial charge in [0.25, 0.3) is 0 Å². The fourth-order valence-electron chi connectivity index (χ4n) is 1.96. The molecule has 0 saturated carbocycles. The van der Waals surface area contributed by atoms with Crippen LogP contribution in [0.1, 0.15) is 31.2 Å². The number of hydrogen-bond donors (Lipinski definition) is 0. The summed E-state index contributed by atoms with van der Waals surface area (Å²) in [4.78, 5) is 0. The van der Waals surface area contributed by atoms with Crippen molar-refractivity contribution in [2.45, 2.75) is 30.4 Å². The van der Waals surface area contributed by atoms with Crippen molar-refractivity contribution in [3.05, 3.63) is 22.7 Å². The van der Waals surface area contributed by atoms with Crippen molar-refractivity contribution < 1.29 is 17.9 Å². The second kappa shape index (κ2) is 5.86. The predicted molar refractivity (Wildman–Crippen MR) is 84.6 cm³/mol. The third kappa shape index (κ3) is 3.25. The van der Waals surface area contributed by atoms with E-state index in [0.717, 1.165) is 6.42 Å². The molecule has 0 radical (unpaired) electrons. The van der Waals surface area contributed by atoms with Crippen molar-refractivity contribution in [3.8, 4) is 11.5 Å². The second-order valence-electron chi connectivity index (χ2n) is 5.61. The zero-order valence-corrected chi connectivity index (χ0v) is 14.5. The Labute approximate surface area is 135 Å². The first kappa shape index (κ1) is 16.7. The molecule has 0 spiro atoms. The molecule has 1 unspecified atom stereocenters.